The van der Waals surface area contributed by atoms with Crippen molar-refractivity contribution in [1.29, 1.82) is 0 Å². The highest BCUT2D eigenvalue weighted by atomic mass is 35.5. The Morgan fingerprint density at radius 1 is 1.14 bits per heavy atom. The molecule has 1 amide bonds. The number of nitrogens with zero attached hydrogens (tertiary/aromatic N) is 1. The molecule has 4 rings (SSSR count). The molecular weight excluding hydrogens is 534 g/mol. The van der Waals surface area contributed by atoms with Crippen molar-refractivity contribution in [2.75, 3.05) is 25.4 Å². The monoisotopic (exact) mass is 554 g/mol. The molecule has 4 bridgehead atoms. The molecule has 190 valence electrons. The Labute approximate surface area is 217 Å². The number of sulfonamides is 1. The Hall–Kier alpha value is -3.21. The van der Waals surface area contributed by atoms with Crippen molar-refractivity contribution in [2.45, 2.75) is 17.9 Å². The van der Waals surface area contributed by atoms with Gasteiger partial charge in [0.1, 0.15) is 28.3 Å². The SMILES string of the molecule is COc1ccc2c(c1)-c1cc(c(F)cc1Cl)NS(=O)(=O)c1cc(cc(Cl)c1O)C(=O)N(C)C[C@H](C)O2. The lowest BCUT2D eigenvalue weighted by molar-refractivity contribution is 0.0727. The first-order valence-electron chi connectivity index (χ1n) is 10.6. The highest BCUT2D eigenvalue weighted by molar-refractivity contribution is 7.92. The van der Waals surface area contributed by atoms with Gasteiger partial charge in [0.05, 0.1) is 29.4 Å². The number of aromatic hydroxyl groups is 1. The van der Waals surface area contributed by atoms with Crippen LogP contribution >= 0.6 is 23.2 Å². The minimum atomic E-state index is -4.60. The van der Waals surface area contributed by atoms with Gasteiger partial charge in [-0.05, 0) is 49.4 Å². The molecular formula is C24H21Cl2FN2O6S. The van der Waals surface area contributed by atoms with Crippen LogP contribution in [0.25, 0.3) is 11.1 Å². The van der Waals surface area contributed by atoms with Crippen LogP contribution in [0.5, 0.6) is 17.2 Å². The number of amides is 1. The quantitative estimate of drug-likeness (QED) is 0.430. The van der Waals surface area contributed by atoms with E-state index in [4.69, 9.17) is 32.7 Å². The van der Waals surface area contributed by atoms with Gasteiger partial charge in [-0.15, -0.1) is 0 Å². The maximum Gasteiger partial charge on any atom is 0.265 e. The van der Waals surface area contributed by atoms with Gasteiger partial charge in [-0.3, -0.25) is 9.52 Å². The summed E-state index contributed by atoms with van der Waals surface area (Å²) in [7, 11) is -1.62. The Morgan fingerprint density at radius 2 is 1.86 bits per heavy atom. The largest absolute Gasteiger partial charge is 0.505 e. The number of carbonyl (C=O) groups excluding carboxylic acids is 1. The predicted molar refractivity (Wildman–Crippen MR) is 134 cm³/mol. The van der Waals surface area contributed by atoms with E-state index >= 15 is 0 Å². The van der Waals surface area contributed by atoms with Gasteiger partial charge >= 0.3 is 0 Å². The lowest BCUT2D eigenvalue weighted by atomic mass is 10.0. The van der Waals surface area contributed by atoms with Gasteiger partial charge in [0, 0.05) is 23.7 Å². The number of phenols is 1. The zero-order chi connectivity index (χ0) is 26.4. The average Bonchev–Trinajstić information content (AvgIpc) is 2.81. The van der Waals surface area contributed by atoms with E-state index in [2.05, 4.69) is 4.72 Å². The fraction of sp³-hybridized carbons (Fsp3) is 0.208. The topological polar surface area (TPSA) is 105 Å². The second kappa shape index (κ2) is 9.68. The molecule has 1 aliphatic heterocycles. The normalized spacial score (nSPS) is 17.2. The van der Waals surface area contributed by atoms with Gasteiger partial charge in [0.15, 0.2) is 5.75 Å². The number of anilines is 1. The summed E-state index contributed by atoms with van der Waals surface area (Å²) in [5, 5.41) is 10.0. The first kappa shape index (κ1) is 25.9. The lowest BCUT2D eigenvalue weighted by Crippen LogP contribution is -2.35. The molecule has 3 aromatic carbocycles. The second-order valence-electron chi connectivity index (χ2n) is 8.20. The van der Waals surface area contributed by atoms with Crippen LogP contribution in [0.15, 0.2) is 47.4 Å². The number of likely N-dealkylation sites (N-methyl/N-ethyl adjacent to an activating group) is 1. The summed E-state index contributed by atoms with van der Waals surface area (Å²) in [5.74, 6) is -1.51. The van der Waals surface area contributed by atoms with E-state index in [1.165, 1.54) is 25.1 Å². The number of phenolic OH excluding ortho intramolecular Hbond substituents is 1. The minimum Gasteiger partial charge on any atom is -0.505 e. The number of hydrogen-bond acceptors (Lipinski definition) is 6. The van der Waals surface area contributed by atoms with Crippen LogP contribution in [0.1, 0.15) is 17.3 Å². The molecule has 2 N–H and O–H groups in total. The minimum absolute atomic E-state index is 0.00861. The molecule has 0 unspecified atom stereocenters. The van der Waals surface area contributed by atoms with Crippen molar-refractivity contribution in [3.05, 3.63) is 63.9 Å². The Balaban J connectivity index is 1.99. The molecule has 0 aromatic heterocycles. The molecule has 8 nitrogen and oxygen atoms in total. The predicted octanol–water partition coefficient (Wildman–Crippen LogP) is 5.17. The summed E-state index contributed by atoms with van der Waals surface area (Å²) >= 11 is 12.4. The van der Waals surface area contributed by atoms with Gasteiger partial charge in [-0.2, -0.15) is 0 Å². The molecule has 12 heteroatoms. The van der Waals surface area contributed by atoms with Crippen LogP contribution in [-0.4, -0.2) is 51.1 Å². The van der Waals surface area contributed by atoms with Crippen LogP contribution in [0.2, 0.25) is 10.0 Å². The molecule has 0 aliphatic carbocycles. The smallest absolute Gasteiger partial charge is 0.265 e. The molecule has 0 saturated heterocycles. The Kier molecular flexibility index (Phi) is 6.96. The van der Waals surface area contributed by atoms with Crippen LogP contribution in [0.3, 0.4) is 0 Å². The van der Waals surface area contributed by atoms with Crippen LogP contribution in [0, 0.1) is 5.82 Å². The second-order valence-corrected chi connectivity index (χ2v) is 10.7. The van der Waals surface area contributed by atoms with Crippen molar-refractivity contribution >= 4 is 44.8 Å². The summed E-state index contributed by atoms with van der Waals surface area (Å²) in [6.45, 7) is 1.86. The molecule has 1 aliphatic rings. The molecule has 36 heavy (non-hydrogen) atoms. The van der Waals surface area contributed by atoms with Gasteiger partial charge in [-0.1, -0.05) is 23.2 Å². The van der Waals surface area contributed by atoms with Gasteiger partial charge in [0.25, 0.3) is 15.9 Å². The Morgan fingerprint density at radius 3 is 2.56 bits per heavy atom. The van der Waals surface area contributed by atoms with Crippen molar-refractivity contribution in [2.24, 2.45) is 0 Å². The highest BCUT2D eigenvalue weighted by Gasteiger charge is 2.28. The fourth-order valence-corrected chi connectivity index (χ4v) is 5.56. The maximum absolute atomic E-state index is 14.9. The Bertz CT molecular complexity index is 1480. The summed E-state index contributed by atoms with van der Waals surface area (Å²) in [4.78, 5) is 13.7. The van der Waals surface area contributed by atoms with Crippen molar-refractivity contribution in [3.63, 3.8) is 0 Å². The molecule has 0 saturated carbocycles. The lowest BCUT2D eigenvalue weighted by Gasteiger charge is -2.24. The van der Waals surface area contributed by atoms with Crippen molar-refractivity contribution in [3.8, 4) is 28.4 Å². The summed E-state index contributed by atoms with van der Waals surface area (Å²) < 4.78 is 54.8. The number of hydrogen-bond donors (Lipinski definition) is 2. The number of nitrogens with one attached hydrogen (secondary N) is 1. The average molecular weight is 555 g/mol. The first-order chi connectivity index (χ1) is 16.9. The number of benzene rings is 3. The molecule has 0 radical (unpaired) electrons. The van der Waals surface area contributed by atoms with E-state index in [1.807, 2.05) is 0 Å². The molecule has 0 fully saturated rings. The van der Waals surface area contributed by atoms with Crippen LogP contribution < -0.4 is 14.2 Å². The van der Waals surface area contributed by atoms with Crippen LogP contribution in [0.4, 0.5) is 10.1 Å². The van der Waals surface area contributed by atoms with E-state index in [0.717, 1.165) is 18.2 Å². The number of methoxy groups -OCH3 is 1. The summed E-state index contributed by atoms with van der Waals surface area (Å²) in [6, 6.07) is 9.20. The van der Waals surface area contributed by atoms with Crippen molar-refractivity contribution in [1.82, 2.24) is 4.90 Å². The van der Waals surface area contributed by atoms with Gasteiger partial charge in [-0.25, -0.2) is 12.8 Å². The molecule has 1 heterocycles. The maximum atomic E-state index is 14.9. The van der Waals surface area contributed by atoms with Crippen LogP contribution in [-0.2, 0) is 10.0 Å². The third-order valence-corrected chi connectivity index (χ3v) is 7.53. The molecule has 0 spiro atoms. The van der Waals surface area contributed by atoms with E-state index in [1.54, 1.807) is 25.1 Å². The van der Waals surface area contributed by atoms with E-state index in [-0.39, 0.29) is 27.7 Å². The standard InChI is InChI=1S/C24H21Cl2FN2O6S/c1-12-11-29(2)24(31)13-6-18(26)23(30)22(7-13)36(32,33)28-20-9-15(17(25)10-19(20)27)16-8-14(34-3)4-5-21(16)35-12/h4-10,12,28,30H,11H2,1-3H3/t12-/m0/s1. The van der Waals surface area contributed by atoms with E-state index in [9.17, 15) is 22.7 Å². The number of rotatable bonds is 1. The highest BCUT2D eigenvalue weighted by Crippen LogP contribution is 2.41. The number of fused-ring (bicyclic) bond motifs is 6. The molecule has 1 atom stereocenters. The number of halogens is 3. The van der Waals surface area contributed by atoms with Crippen molar-refractivity contribution < 1.29 is 32.2 Å². The van der Waals surface area contributed by atoms with Gasteiger partial charge < -0.3 is 19.5 Å². The number of ether oxygens (including phenoxy) is 2. The van der Waals surface area contributed by atoms with E-state index < -0.39 is 44.2 Å². The third kappa shape index (κ3) is 4.88. The zero-order valence-electron chi connectivity index (χ0n) is 19.3. The zero-order valence-corrected chi connectivity index (χ0v) is 21.6. The number of carbonyl (C=O) groups is 1. The molecule has 3 aromatic rings. The summed E-state index contributed by atoms with van der Waals surface area (Å²) in [6.07, 6.45) is -0.524. The summed E-state index contributed by atoms with van der Waals surface area (Å²) in [5.41, 5.74) is 0.120. The first-order valence-corrected chi connectivity index (χ1v) is 12.8. The third-order valence-electron chi connectivity index (χ3n) is 5.55. The van der Waals surface area contributed by atoms with Gasteiger partial charge in [0.2, 0.25) is 0 Å². The van der Waals surface area contributed by atoms with E-state index in [0.29, 0.717) is 17.1 Å². The fourth-order valence-electron chi connectivity index (χ4n) is 3.83.